The van der Waals surface area contributed by atoms with Crippen molar-refractivity contribution in [3.8, 4) is 0 Å². The maximum absolute atomic E-state index is 11.9. The molecule has 1 aromatic rings. The third-order valence-corrected chi connectivity index (χ3v) is 7.97. The molecule has 2 heterocycles. The van der Waals surface area contributed by atoms with Crippen molar-refractivity contribution in [2.75, 3.05) is 43.1 Å². The molecule has 0 aliphatic carbocycles. The first-order valence-electron chi connectivity index (χ1n) is 9.07. The van der Waals surface area contributed by atoms with Crippen LogP contribution < -0.4 is 4.90 Å². The van der Waals surface area contributed by atoms with Gasteiger partial charge in [-0.15, -0.1) is 0 Å². The highest BCUT2D eigenvalue weighted by atomic mass is 32.2. The summed E-state index contributed by atoms with van der Waals surface area (Å²) in [6.45, 7) is 6.30. The lowest BCUT2D eigenvalue weighted by molar-refractivity contribution is -0.0312. The van der Waals surface area contributed by atoms with E-state index in [1.807, 2.05) is 20.0 Å². The molecule has 0 amide bonds. The molecule has 5 nitrogen and oxygen atoms in total. The van der Waals surface area contributed by atoms with Crippen molar-refractivity contribution in [3.63, 3.8) is 0 Å². The number of hydrogen-bond donors (Lipinski definition) is 1. The molecular weight excluding hydrogens is 336 g/mol. The molecule has 0 spiro atoms. The van der Waals surface area contributed by atoms with Crippen LogP contribution in [-0.2, 0) is 9.84 Å². The van der Waals surface area contributed by atoms with E-state index in [2.05, 4.69) is 34.9 Å². The molecular formula is C19H30N2O3S. The molecule has 2 aliphatic rings. The van der Waals surface area contributed by atoms with Crippen LogP contribution in [-0.4, -0.2) is 67.8 Å². The largest absolute Gasteiger partial charge is 0.388 e. The number of aryl methyl sites for hydroxylation is 1. The lowest BCUT2D eigenvalue weighted by Crippen LogP contribution is -2.55. The quantitative estimate of drug-likeness (QED) is 0.881. The number of hydrogen-bond acceptors (Lipinski definition) is 5. The van der Waals surface area contributed by atoms with Crippen LogP contribution in [0.2, 0.25) is 0 Å². The Bertz CT molecular complexity index is 726. The van der Waals surface area contributed by atoms with Gasteiger partial charge in [-0.05, 0) is 51.8 Å². The van der Waals surface area contributed by atoms with Crippen LogP contribution in [0.25, 0.3) is 0 Å². The van der Waals surface area contributed by atoms with Gasteiger partial charge in [-0.3, -0.25) is 4.90 Å². The molecule has 1 aromatic carbocycles. The zero-order chi connectivity index (χ0) is 18.3. The van der Waals surface area contributed by atoms with E-state index >= 15 is 0 Å². The summed E-state index contributed by atoms with van der Waals surface area (Å²) in [5.41, 5.74) is 1.39. The molecule has 1 N–H and O–H groups in total. The fourth-order valence-corrected chi connectivity index (χ4v) is 6.37. The van der Waals surface area contributed by atoms with Gasteiger partial charge in [-0.2, -0.15) is 0 Å². The summed E-state index contributed by atoms with van der Waals surface area (Å²) < 4.78 is 23.7. The maximum atomic E-state index is 11.9. The van der Waals surface area contributed by atoms with Crippen molar-refractivity contribution in [2.45, 2.75) is 44.2 Å². The van der Waals surface area contributed by atoms with Crippen LogP contribution in [0.4, 0.5) is 5.69 Å². The number of piperidine rings is 1. The molecule has 1 atom stereocenters. The Balaban J connectivity index is 1.62. The van der Waals surface area contributed by atoms with Gasteiger partial charge in [-0.1, -0.05) is 18.2 Å². The second kappa shape index (κ2) is 6.56. The Labute approximate surface area is 151 Å². The number of anilines is 1. The third-order valence-electron chi connectivity index (χ3n) is 6.09. The molecule has 0 bridgehead atoms. The first-order chi connectivity index (χ1) is 11.6. The average Bonchev–Trinajstić information content (AvgIpc) is 2.83. The smallest absolute Gasteiger partial charge is 0.152 e. The molecule has 2 fully saturated rings. The summed E-state index contributed by atoms with van der Waals surface area (Å²) in [6.07, 6.45) is 2.06. The van der Waals surface area contributed by atoms with Crippen LogP contribution in [0, 0.1) is 6.92 Å². The number of para-hydroxylation sites is 1. The highest BCUT2D eigenvalue weighted by molar-refractivity contribution is 7.91. The number of aliphatic hydroxyl groups is 1. The standard InChI is InChI=1S/C19H30N2O3S/c1-16-6-4-5-7-17(16)21-11-8-19(22,9-12-21)14-20(3)18(2)10-13-25(23,24)15-18/h4-7,22H,8-15H2,1-3H3/t18-/m1/s1. The Kier molecular flexibility index (Phi) is 4.90. The van der Waals surface area contributed by atoms with Gasteiger partial charge in [0.15, 0.2) is 9.84 Å². The minimum atomic E-state index is -2.94. The number of likely N-dealkylation sites (N-methyl/N-ethyl adjacent to an activating group) is 1. The van der Waals surface area contributed by atoms with E-state index in [1.165, 1.54) is 11.3 Å². The van der Waals surface area contributed by atoms with Gasteiger partial charge in [-0.25, -0.2) is 8.42 Å². The zero-order valence-electron chi connectivity index (χ0n) is 15.5. The topological polar surface area (TPSA) is 60.9 Å². The van der Waals surface area contributed by atoms with Crippen molar-refractivity contribution in [1.82, 2.24) is 4.90 Å². The number of sulfone groups is 1. The molecule has 0 unspecified atom stereocenters. The van der Waals surface area contributed by atoms with E-state index < -0.39 is 15.4 Å². The number of rotatable bonds is 4. The number of benzene rings is 1. The molecule has 0 radical (unpaired) electrons. The van der Waals surface area contributed by atoms with Gasteiger partial charge >= 0.3 is 0 Å². The maximum Gasteiger partial charge on any atom is 0.152 e. The minimum absolute atomic E-state index is 0.196. The fraction of sp³-hybridized carbons (Fsp3) is 0.684. The van der Waals surface area contributed by atoms with E-state index in [9.17, 15) is 13.5 Å². The van der Waals surface area contributed by atoms with E-state index in [1.54, 1.807) is 0 Å². The molecule has 6 heteroatoms. The second-order valence-electron chi connectivity index (χ2n) is 8.19. The summed E-state index contributed by atoms with van der Waals surface area (Å²) in [5, 5.41) is 11.1. The van der Waals surface area contributed by atoms with Gasteiger partial charge in [0.1, 0.15) is 0 Å². The number of nitrogens with zero attached hydrogens (tertiary/aromatic N) is 2. The van der Waals surface area contributed by atoms with E-state index in [-0.39, 0.29) is 17.0 Å². The van der Waals surface area contributed by atoms with Crippen LogP contribution >= 0.6 is 0 Å². The highest BCUT2D eigenvalue weighted by Gasteiger charge is 2.44. The van der Waals surface area contributed by atoms with Crippen LogP contribution in [0.5, 0.6) is 0 Å². The minimum Gasteiger partial charge on any atom is -0.388 e. The first-order valence-corrected chi connectivity index (χ1v) is 10.9. The normalized spacial score (nSPS) is 28.4. The first kappa shape index (κ1) is 18.7. The fourth-order valence-electron chi connectivity index (χ4n) is 4.17. The van der Waals surface area contributed by atoms with E-state index in [0.717, 1.165) is 13.1 Å². The van der Waals surface area contributed by atoms with Gasteiger partial charge in [0.25, 0.3) is 0 Å². The van der Waals surface area contributed by atoms with Crippen LogP contribution in [0.15, 0.2) is 24.3 Å². The summed E-state index contributed by atoms with van der Waals surface area (Å²) >= 11 is 0. The molecule has 0 aromatic heterocycles. The molecule has 2 aliphatic heterocycles. The van der Waals surface area contributed by atoms with Crippen molar-refractivity contribution in [3.05, 3.63) is 29.8 Å². The lowest BCUT2D eigenvalue weighted by Gasteiger charge is -2.45. The highest BCUT2D eigenvalue weighted by Crippen LogP contribution is 2.33. The van der Waals surface area contributed by atoms with E-state index in [4.69, 9.17) is 0 Å². The van der Waals surface area contributed by atoms with Gasteiger partial charge < -0.3 is 10.0 Å². The summed E-state index contributed by atoms with van der Waals surface area (Å²) in [4.78, 5) is 4.41. The molecule has 0 saturated carbocycles. The van der Waals surface area contributed by atoms with Crippen molar-refractivity contribution in [1.29, 1.82) is 0 Å². The second-order valence-corrected chi connectivity index (χ2v) is 10.4. The molecule has 3 rings (SSSR count). The molecule has 140 valence electrons. The summed E-state index contributed by atoms with van der Waals surface area (Å²) in [6, 6.07) is 8.35. The predicted octanol–water partition coefficient (Wildman–Crippen LogP) is 1.84. The SMILES string of the molecule is Cc1ccccc1N1CCC(O)(CN(C)[C@]2(C)CCS(=O)(=O)C2)CC1. The monoisotopic (exact) mass is 366 g/mol. The van der Waals surface area contributed by atoms with Crippen LogP contribution in [0.1, 0.15) is 31.7 Å². The number of β-amino-alcohol motifs (C(OH)–C–C–N with tert-alkyl or cyclic N) is 1. The predicted molar refractivity (Wildman–Crippen MR) is 102 cm³/mol. The lowest BCUT2D eigenvalue weighted by atomic mass is 9.88. The summed E-state index contributed by atoms with van der Waals surface area (Å²) in [5.74, 6) is 0.454. The van der Waals surface area contributed by atoms with Crippen LogP contribution in [0.3, 0.4) is 0 Å². The Morgan fingerprint density at radius 1 is 1.20 bits per heavy atom. The molecule has 2 saturated heterocycles. The van der Waals surface area contributed by atoms with Gasteiger partial charge in [0.05, 0.1) is 17.1 Å². The van der Waals surface area contributed by atoms with Crippen molar-refractivity contribution < 1.29 is 13.5 Å². The zero-order valence-corrected chi connectivity index (χ0v) is 16.3. The summed E-state index contributed by atoms with van der Waals surface area (Å²) in [7, 11) is -0.990. The van der Waals surface area contributed by atoms with Gasteiger partial charge in [0.2, 0.25) is 0 Å². The van der Waals surface area contributed by atoms with Crippen molar-refractivity contribution >= 4 is 15.5 Å². The Hall–Kier alpha value is -1.11. The average molecular weight is 367 g/mol. The third kappa shape index (κ3) is 4.01. The van der Waals surface area contributed by atoms with Crippen molar-refractivity contribution in [2.24, 2.45) is 0 Å². The Morgan fingerprint density at radius 2 is 1.84 bits per heavy atom. The van der Waals surface area contributed by atoms with Gasteiger partial charge in [0, 0.05) is 30.9 Å². The molecule has 25 heavy (non-hydrogen) atoms. The van der Waals surface area contributed by atoms with E-state index in [0.29, 0.717) is 25.8 Å². The Morgan fingerprint density at radius 3 is 2.40 bits per heavy atom.